The highest BCUT2D eigenvalue weighted by Gasteiger charge is 2.25. The molecule has 0 bridgehead atoms. The van der Waals surface area contributed by atoms with Gasteiger partial charge in [-0.05, 0) is 57.8 Å². The SMILES string of the molecule is CC/C=C/C/C=C/CCCCCCCCCCCCCCCCC(=O)OC(COCCC(C(=O)[O-])[N+](C)(C)C)COC(=O)CCCCCCC/C=C/CCCC. The van der Waals surface area contributed by atoms with Crippen molar-refractivity contribution >= 4 is 17.9 Å². The Hall–Kier alpha value is -2.45. The number of hydrogen-bond donors (Lipinski definition) is 0. The molecule has 326 valence electrons. The average Bonchev–Trinajstić information content (AvgIpc) is 3.15. The van der Waals surface area contributed by atoms with Crippen LogP contribution < -0.4 is 5.11 Å². The van der Waals surface area contributed by atoms with Crippen LogP contribution >= 0.6 is 0 Å². The van der Waals surface area contributed by atoms with Crippen LogP contribution in [-0.2, 0) is 28.6 Å². The monoisotopic (exact) mass is 790 g/mol. The summed E-state index contributed by atoms with van der Waals surface area (Å²) in [5.41, 5.74) is 0. The number of allylic oxidation sites excluding steroid dienone is 6. The number of unbranched alkanes of at least 4 members (excludes halogenated alkanes) is 21. The van der Waals surface area contributed by atoms with Crippen LogP contribution in [0.1, 0.15) is 200 Å². The minimum Gasteiger partial charge on any atom is -0.544 e. The molecule has 0 heterocycles. The van der Waals surface area contributed by atoms with E-state index in [1.807, 2.05) is 0 Å². The summed E-state index contributed by atoms with van der Waals surface area (Å²) in [6.45, 7) is 4.52. The van der Waals surface area contributed by atoms with Crippen LogP contribution in [0.4, 0.5) is 0 Å². The maximum absolute atomic E-state index is 12.7. The Morgan fingerprint density at radius 1 is 0.554 bits per heavy atom. The number of aliphatic carboxylic acids is 1. The lowest BCUT2D eigenvalue weighted by Crippen LogP contribution is -2.55. The van der Waals surface area contributed by atoms with E-state index in [1.165, 1.54) is 103 Å². The Labute approximate surface area is 344 Å². The van der Waals surface area contributed by atoms with Crippen molar-refractivity contribution in [1.82, 2.24) is 0 Å². The number of rotatable bonds is 41. The summed E-state index contributed by atoms with van der Waals surface area (Å²) in [7, 11) is 5.41. The molecule has 2 unspecified atom stereocenters. The van der Waals surface area contributed by atoms with Crippen molar-refractivity contribution in [3.8, 4) is 0 Å². The van der Waals surface area contributed by atoms with Crippen LogP contribution in [0.15, 0.2) is 36.5 Å². The summed E-state index contributed by atoms with van der Waals surface area (Å²) >= 11 is 0. The topological polar surface area (TPSA) is 102 Å². The Morgan fingerprint density at radius 3 is 1.48 bits per heavy atom. The van der Waals surface area contributed by atoms with Gasteiger partial charge in [-0.3, -0.25) is 9.59 Å². The highest BCUT2D eigenvalue weighted by atomic mass is 16.6. The summed E-state index contributed by atoms with van der Waals surface area (Å²) in [6, 6.07) is -0.725. The maximum atomic E-state index is 12.7. The van der Waals surface area contributed by atoms with Gasteiger partial charge in [-0.2, -0.15) is 0 Å². The van der Waals surface area contributed by atoms with Crippen molar-refractivity contribution in [3.63, 3.8) is 0 Å². The van der Waals surface area contributed by atoms with Crippen LogP contribution in [0.2, 0.25) is 0 Å². The second kappa shape index (κ2) is 39.4. The quantitative estimate of drug-likeness (QED) is 0.0263. The molecule has 0 aliphatic heterocycles. The van der Waals surface area contributed by atoms with E-state index < -0.39 is 18.1 Å². The Kier molecular flexibility index (Phi) is 37.7. The fraction of sp³-hybridized carbons (Fsp3) is 0.812. The maximum Gasteiger partial charge on any atom is 0.306 e. The number of quaternary nitrogens is 1. The summed E-state index contributed by atoms with van der Waals surface area (Å²) < 4.78 is 17.2. The second-order valence-corrected chi connectivity index (χ2v) is 16.6. The number of carbonyl (C=O) groups excluding carboxylic acids is 3. The molecule has 2 atom stereocenters. The third kappa shape index (κ3) is 37.1. The predicted molar refractivity (Wildman–Crippen MR) is 231 cm³/mol. The molecule has 0 amide bonds. The molecular formula is C48H87NO7. The first-order chi connectivity index (χ1) is 27.1. The van der Waals surface area contributed by atoms with Gasteiger partial charge in [0.1, 0.15) is 12.6 Å². The molecule has 0 aromatic heterocycles. The van der Waals surface area contributed by atoms with Gasteiger partial charge in [0.15, 0.2) is 6.10 Å². The summed E-state index contributed by atoms with van der Waals surface area (Å²) in [5, 5.41) is 11.6. The molecule has 8 heteroatoms. The third-order valence-corrected chi connectivity index (χ3v) is 10.3. The summed E-state index contributed by atoms with van der Waals surface area (Å²) in [4.78, 5) is 36.8. The first-order valence-electron chi connectivity index (χ1n) is 23.0. The minimum atomic E-state index is -1.13. The van der Waals surface area contributed by atoms with Crippen molar-refractivity contribution in [3.05, 3.63) is 36.5 Å². The van der Waals surface area contributed by atoms with E-state index >= 15 is 0 Å². The molecule has 0 N–H and O–H groups in total. The second-order valence-electron chi connectivity index (χ2n) is 16.6. The highest BCUT2D eigenvalue weighted by molar-refractivity contribution is 5.70. The summed E-state index contributed by atoms with van der Waals surface area (Å²) in [6.07, 6.45) is 44.6. The summed E-state index contributed by atoms with van der Waals surface area (Å²) in [5.74, 6) is -1.74. The third-order valence-electron chi connectivity index (χ3n) is 10.3. The number of carboxylic acids is 1. The largest absolute Gasteiger partial charge is 0.544 e. The van der Waals surface area contributed by atoms with Gasteiger partial charge in [-0.15, -0.1) is 0 Å². The van der Waals surface area contributed by atoms with E-state index in [9.17, 15) is 19.5 Å². The van der Waals surface area contributed by atoms with Crippen molar-refractivity contribution in [2.45, 2.75) is 212 Å². The molecule has 56 heavy (non-hydrogen) atoms. The zero-order valence-electron chi connectivity index (χ0n) is 37.1. The van der Waals surface area contributed by atoms with Gasteiger partial charge in [0.05, 0.1) is 40.3 Å². The van der Waals surface area contributed by atoms with Crippen LogP contribution in [0.3, 0.4) is 0 Å². The van der Waals surface area contributed by atoms with Gasteiger partial charge >= 0.3 is 11.9 Å². The molecule has 0 fully saturated rings. The first-order valence-corrected chi connectivity index (χ1v) is 23.0. The van der Waals surface area contributed by atoms with Crippen molar-refractivity contribution in [2.75, 3.05) is 41.0 Å². The van der Waals surface area contributed by atoms with E-state index in [0.29, 0.717) is 12.8 Å². The molecule has 0 rings (SSSR count). The molecule has 0 saturated heterocycles. The van der Waals surface area contributed by atoms with Crippen molar-refractivity contribution < 1.29 is 38.2 Å². The van der Waals surface area contributed by atoms with E-state index in [0.717, 1.165) is 64.2 Å². The van der Waals surface area contributed by atoms with Gasteiger partial charge in [0, 0.05) is 19.3 Å². The molecule has 0 radical (unpaired) electrons. The highest BCUT2D eigenvalue weighted by Crippen LogP contribution is 2.15. The smallest absolute Gasteiger partial charge is 0.306 e. The van der Waals surface area contributed by atoms with E-state index in [4.69, 9.17) is 14.2 Å². The van der Waals surface area contributed by atoms with E-state index in [2.05, 4.69) is 50.3 Å². The Morgan fingerprint density at radius 2 is 1.00 bits per heavy atom. The lowest BCUT2D eigenvalue weighted by Gasteiger charge is -2.34. The predicted octanol–water partition coefficient (Wildman–Crippen LogP) is 11.3. The molecule has 0 aromatic rings. The normalized spacial score (nSPS) is 13.2. The average molecular weight is 790 g/mol. The van der Waals surface area contributed by atoms with Crippen LogP contribution in [0.5, 0.6) is 0 Å². The standard InChI is InChI=1S/C48H87NO7/c1-6-8-10-12-14-16-18-19-20-21-22-23-24-25-26-27-29-31-33-35-37-39-47(51)56-44(42-54-41-40-45(48(52)53)49(3,4)5)43-55-46(50)38-36-34-32-30-28-17-15-13-11-9-7-2/h8,10,13-16,44-45H,6-7,9,11-12,17-43H2,1-5H3/b10-8+,15-13+,16-14+. The van der Waals surface area contributed by atoms with Crippen LogP contribution in [0, 0.1) is 0 Å². The number of esters is 2. The number of hydrogen-bond acceptors (Lipinski definition) is 7. The number of ether oxygens (including phenoxy) is 3. The van der Waals surface area contributed by atoms with Crippen molar-refractivity contribution in [2.24, 2.45) is 0 Å². The molecule has 0 aromatic carbocycles. The fourth-order valence-corrected chi connectivity index (χ4v) is 6.68. The molecule has 8 nitrogen and oxygen atoms in total. The van der Waals surface area contributed by atoms with E-state index in [-0.39, 0.29) is 42.7 Å². The zero-order chi connectivity index (χ0) is 41.4. The van der Waals surface area contributed by atoms with Gasteiger partial charge in [-0.1, -0.05) is 159 Å². The first kappa shape index (κ1) is 53.6. The number of nitrogens with zero attached hydrogens (tertiary/aromatic N) is 1. The Balaban J connectivity index is 4.23. The van der Waals surface area contributed by atoms with Crippen LogP contribution in [-0.4, -0.2) is 75.5 Å². The molecule has 0 aliphatic carbocycles. The van der Waals surface area contributed by atoms with Gasteiger partial charge in [0.2, 0.25) is 0 Å². The number of carboxylic acid groups (broad SMARTS) is 1. The van der Waals surface area contributed by atoms with Gasteiger partial charge in [-0.25, -0.2) is 0 Å². The zero-order valence-corrected chi connectivity index (χ0v) is 37.1. The van der Waals surface area contributed by atoms with E-state index in [1.54, 1.807) is 21.1 Å². The fourth-order valence-electron chi connectivity index (χ4n) is 6.68. The lowest BCUT2D eigenvalue weighted by molar-refractivity contribution is -0.889. The molecule has 0 spiro atoms. The molecule has 0 saturated carbocycles. The number of likely N-dealkylation sites (N-methyl/N-ethyl adjacent to an activating group) is 1. The number of carbonyl (C=O) groups is 3. The lowest BCUT2D eigenvalue weighted by atomic mass is 10.0. The van der Waals surface area contributed by atoms with Gasteiger partial charge < -0.3 is 28.6 Å². The Bertz CT molecular complexity index is 1020. The van der Waals surface area contributed by atoms with Crippen molar-refractivity contribution in [1.29, 1.82) is 0 Å². The van der Waals surface area contributed by atoms with Gasteiger partial charge in [0.25, 0.3) is 0 Å². The molecule has 0 aliphatic rings. The molecular weight excluding hydrogens is 703 g/mol. The van der Waals surface area contributed by atoms with Crippen LogP contribution in [0.25, 0.3) is 0 Å². The minimum absolute atomic E-state index is 0.0399.